The van der Waals surface area contributed by atoms with E-state index in [1.165, 1.54) is 0 Å². The smallest absolute Gasteiger partial charge is 0.143 e. The predicted molar refractivity (Wildman–Crippen MR) is 61.0 cm³/mol. The van der Waals surface area contributed by atoms with Crippen molar-refractivity contribution in [2.75, 3.05) is 18.1 Å². The summed E-state index contributed by atoms with van der Waals surface area (Å²) in [5, 5.41) is 11.9. The minimum atomic E-state index is -0.866. The number of pyridine rings is 1. The lowest BCUT2D eigenvalue weighted by atomic mass is 10.3. The van der Waals surface area contributed by atoms with E-state index in [0.717, 1.165) is 0 Å². The fourth-order valence-electron chi connectivity index (χ4n) is 0.994. The Bertz CT molecular complexity index is 400. The van der Waals surface area contributed by atoms with Gasteiger partial charge in [-0.1, -0.05) is 0 Å². The molecule has 80 valence electrons. The van der Waals surface area contributed by atoms with Crippen LogP contribution in [0.15, 0.2) is 18.3 Å². The number of nitrogens with one attached hydrogen (secondary N) is 1. The highest BCUT2D eigenvalue weighted by molar-refractivity contribution is 7.84. The van der Waals surface area contributed by atoms with E-state index in [1.54, 1.807) is 24.6 Å². The number of nitrogens with zero attached hydrogens (tertiary/aromatic N) is 2. The summed E-state index contributed by atoms with van der Waals surface area (Å²) in [5.41, 5.74) is 0.506. The zero-order chi connectivity index (χ0) is 11.3. The Balaban J connectivity index is 2.66. The van der Waals surface area contributed by atoms with Crippen LogP contribution < -0.4 is 5.32 Å². The quantitative estimate of drug-likeness (QED) is 0.831. The first-order valence-corrected chi connectivity index (χ1v) is 6.18. The number of hydrogen-bond donors (Lipinski definition) is 1. The largest absolute Gasteiger partial charge is 0.368 e. The average Bonchev–Trinajstić information content (AvgIpc) is 2.26. The van der Waals surface area contributed by atoms with E-state index in [0.29, 0.717) is 17.9 Å². The predicted octanol–water partition coefficient (Wildman–Crippen LogP) is 1.13. The van der Waals surface area contributed by atoms with Gasteiger partial charge in [-0.2, -0.15) is 5.26 Å². The van der Waals surface area contributed by atoms with Gasteiger partial charge >= 0.3 is 0 Å². The summed E-state index contributed by atoms with van der Waals surface area (Å²) < 4.78 is 11.1. The monoisotopic (exact) mass is 223 g/mol. The van der Waals surface area contributed by atoms with Crippen molar-refractivity contribution in [3.05, 3.63) is 23.9 Å². The Kier molecular flexibility index (Phi) is 4.25. The molecule has 0 spiro atoms. The second kappa shape index (κ2) is 5.47. The molecule has 0 amide bonds. The van der Waals surface area contributed by atoms with Crippen LogP contribution in [0.2, 0.25) is 0 Å². The topological polar surface area (TPSA) is 65.8 Å². The average molecular weight is 223 g/mol. The lowest BCUT2D eigenvalue weighted by molar-refractivity contribution is 0.679. The minimum absolute atomic E-state index is 0.0403. The van der Waals surface area contributed by atoms with Gasteiger partial charge in [-0.3, -0.25) is 4.21 Å². The minimum Gasteiger partial charge on any atom is -0.368 e. The summed E-state index contributed by atoms with van der Waals surface area (Å²) in [6.45, 7) is 2.44. The molecule has 0 aliphatic carbocycles. The highest BCUT2D eigenvalue weighted by Gasteiger charge is 2.07. The Labute approximate surface area is 91.8 Å². The van der Waals surface area contributed by atoms with Crippen LogP contribution in [-0.2, 0) is 10.8 Å². The maximum absolute atomic E-state index is 11.1. The van der Waals surface area contributed by atoms with Crippen LogP contribution in [0, 0.1) is 11.3 Å². The van der Waals surface area contributed by atoms with Crippen LogP contribution in [0.4, 0.5) is 5.82 Å². The third-order valence-electron chi connectivity index (χ3n) is 2.05. The van der Waals surface area contributed by atoms with Gasteiger partial charge in [-0.05, 0) is 19.1 Å². The third kappa shape index (κ3) is 3.33. The van der Waals surface area contributed by atoms with Crippen molar-refractivity contribution in [2.24, 2.45) is 0 Å². The van der Waals surface area contributed by atoms with Crippen molar-refractivity contribution < 1.29 is 4.21 Å². The summed E-state index contributed by atoms with van der Waals surface area (Å²) in [4.78, 5) is 4.05. The van der Waals surface area contributed by atoms with Crippen molar-refractivity contribution in [3.8, 4) is 6.07 Å². The van der Waals surface area contributed by atoms with E-state index < -0.39 is 10.8 Å². The number of aromatic nitrogens is 1. The van der Waals surface area contributed by atoms with Gasteiger partial charge in [0, 0.05) is 35.0 Å². The van der Waals surface area contributed by atoms with Crippen molar-refractivity contribution in [2.45, 2.75) is 12.2 Å². The highest BCUT2D eigenvalue weighted by atomic mass is 32.2. The van der Waals surface area contributed by atoms with E-state index in [1.807, 2.05) is 13.0 Å². The van der Waals surface area contributed by atoms with Crippen LogP contribution in [0.3, 0.4) is 0 Å². The second-order valence-corrected chi connectivity index (χ2v) is 5.00. The van der Waals surface area contributed by atoms with Gasteiger partial charge < -0.3 is 5.32 Å². The third-order valence-corrected chi connectivity index (χ3v) is 3.35. The van der Waals surface area contributed by atoms with Gasteiger partial charge in [-0.15, -0.1) is 0 Å². The number of nitriles is 1. The molecule has 5 heteroatoms. The maximum Gasteiger partial charge on any atom is 0.143 e. The molecule has 1 rings (SSSR count). The van der Waals surface area contributed by atoms with E-state index in [-0.39, 0.29) is 5.25 Å². The molecule has 1 N–H and O–H groups in total. The fourth-order valence-corrected chi connectivity index (χ4v) is 1.31. The Morgan fingerprint density at radius 2 is 2.47 bits per heavy atom. The molecule has 0 saturated heterocycles. The number of rotatable bonds is 4. The van der Waals surface area contributed by atoms with E-state index in [4.69, 9.17) is 5.26 Å². The Morgan fingerprint density at radius 1 is 1.73 bits per heavy atom. The van der Waals surface area contributed by atoms with E-state index >= 15 is 0 Å². The molecular weight excluding hydrogens is 210 g/mol. The summed E-state index contributed by atoms with van der Waals surface area (Å²) >= 11 is 0. The first kappa shape index (κ1) is 11.7. The molecule has 0 aromatic carbocycles. The van der Waals surface area contributed by atoms with Gasteiger partial charge in [0.05, 0.1) is 5.56 Å². The Morgan fingerprint density at radius 3 is 3.07 bits per heavy atom. The first-order valence-electron chi connectivity index (χ1n) is 4.56. The summed E-state index contributed by atoms with van der Waals surface area (Å²) in [7, 11) is -0.866. The van der Waals surface area contributed by atoms with Gasteiger partial charge in [0.25, 0.3) is 0 Å². The maximum atomic E-state index is 11.1. The summed E-state index contributed by atoms with van der Waals surface area (Å²) in [5.74, 6) is 0.553. The lowest BCUT2D eigenvalue weighted by Gasteiger charge is -2.10. The fraction of sp³-hybridized carbons (Fsp3) is 0.400. The van der Waals surface area contributed by atoms with Crippen LogP contribution in [0.1, 0.15) is 12.5 Å². The molecule has 0 aliphatic rings. The van der Waals surface area contributed by atoms with Crippen molar-refractivity contribution in [3.63, 3.8) is 0 Å². The molecule has 1 aromatic rings. The van der Waals surface area contributed by atoms with Crippen LogP contribution in [-0.4, -0.2) is 27.2 Å². The molecule has 2 unspecified atom stereocenters. The van der Waals surface area contributed by atoms with Crippen LogP contribution >= 0.6 is 0 Å². The molecule has 0 aliphatic heterocycles. The zero-order valence-corrected chi connectivity index (χ0v) is 9.54. The van der Waals surface area contributed by atoms with Gasteiger partial charge in [-0.25, -0.2) is 4.98 Å². The van der Waals surface area contributed by atoms with Crippen molar-refractivity contribution in [1.29, 1.82) is 5.26 Å². The summed E-state index contributed by atoms with van der Waals surface area (Å²) in [6, 6.07) is 5.46. The molecule has 0 bridgehead atoms. The highest BCUT2D eigenvalue weighted by Crippen LogP contribution is 2.09. The Hall–Kier alpha value is -1.41. The second-order valence-electron chi connectivity index (χ2n) is 3.20. The molecule has 15 heavy (non-hydrogen) atoms. The molecule has 4 nitrogen and oxygen atoms in total. The summed E-state index contributed by atoms with van der Waals surface area (Å²) in [6.07, 6.45) is 3.28. The normalized spacial score (nSPS) is 13.9. The molecule has 0 fully saturated rings. The molecule has 2 atom stereocenters. The standard InChI is InChI=1S/C10H13N3OS/c1-8(15(2)14)7-13-10-9(6-11)4-3-5-12-10/h3-5,8H,7H2,1-2H3,(H,12,13). The van der Waals surface area contributed by atoms with Crippen LogP contribution in [0.5, 0.6) is 0 Å². The first-order chi connectivity index (χ1) is 7.15. The number of anilines is 1. The van der Waals surface area contributed by atoms with Crippen molar-refractivity contribution >= 4 is 16.6 Å². The van der Waals surface area contributed by atoms with Gasteiger partial charge in [0.1, 0.15) is 11.9 Å². The van der Waals surface area contributed by atoms with Crippen molar-refractivity contribution in [1.82, 2.24) is 4.98 Å². The molecular formula is C10H13N3OS. The number of hydrogen-bond acceptors (Lipinski definition) is 4. The van der Waals surface area contributed by atoms with E-state index in [9.17, 15) is 4.21 Å². The molecule has 0 radical (unpaired) electrons. The molecule has 1 aromatic heterocycles. The van der Waals surface area contributed by atoms with Gasteiger partial charge in [0.2, 0.25) is 0 Å². The lowest BCUT2D eigenvalue weighted by Crippen LogP contribution is -2.21. The zero-order valence-electron chi connectivity index (χ0n) is 8.73. The van der Waals surface area contributed by atoms with Gasteiger partial charge in [0.15, 0.2) is 0 Å². The molecule has 1 heterocycles. The van der Waals surface area contributed by atoms with Crippen LogP contribution in [0.25, 0.3) is 0 Å². The van der Waals surface area contributed by atoms with E-state index in [2.05, 4.69) is 10.3 Å². The molecule has 0 saturated carbocycles. The SMILES string of the molecule is CC(CNc1ncccc1C#N)S(C)=O.